The number of amides is 2. The maximum atomic E-state index is 11.8. The van der Waals surface area contributed by atoms with Crippen LogP contribution in [0.2, 0.25) is 0 Å². The number of rotatable bonds is 3. The van der Waals surface area contributed by atoms with Crippen molar-refractivity contribution in [2.75, 3.05) is 5.32 Å². The normalized spacial score (nSPS) is 10.1. The minimum absolute atomic E-state index is 0.234. The lowest BCUT2D eigenvalue weighted by atomic mass is 10.1. The number of aromatic hydroxyl groups is 1. The Morgan fingerprint density at radius 1 is 1.10 bits per heavy atom. The molecule has 0 aliphatic carbocycles. The van der Waals surface area contributed by atoms with Gasteiger partial charge in [0, 0.05) is 12.2 Å². The maximum Gasteiger partial charge on any atom is 0.319 e. The molecule has 2 amide bonds. The van der Waals surface area contributed by atoms with Gasteiger partial charge in [-0.2, -0.15) is 0 Å². The van der Waals surface area contributed by atoms with Crippen LogP contribution in [0.25, 0.3) is 0 Å². The van der Waals surface area contributed by atoms with E-state index in [1.54, 1.807) is 19.1 Å². The van der Waals surface area contributed by atoms with Crippen LogP contribution >= 0.6 is 0 Å². The van der Waals surface area contributed by atoms with Gasteiger partial charge in [-0.3, -0.25) is 0 Å². The van der Waals surface area contributed by atoms with Gasteiger partial charge < -0.3 is 15.7 Å². The van der Waals surface area contributed by atoms with Gasteiger partial charge in [-0.1, -0.05) is 30.3 Å². The highest BCUT2D eigenvalue weighted by molar-refractivity contribution is 5.90. The van der Waals surface area contributed by atoms with Crippen molar-refractivity contribution < 1.29 is 9.90 Å². The fourth-order valence-corrected chi connectivity index (χ4v) is 1.88. The molecule has 0 radical (unpaired) electrons. The zero-order valence-electron chi connectivity index (χ0n) is 11.6. The van der Waals surface area contributed by atoms with E-state index in [2.05, 4.69) is 10.6 Å². The number of carbonyl (C=O) groups excluding carboxylic acids is 1. The second-order valence-electron chi connectivity index (χ2n) is 4.75. The lowest BCUT2D eigenvalue weighted by Crippen LogP contribution is -2.28. The van der Waals surface area contributed by atoms with Gasteiger partial charge in [-0.05, 0) is 42.7 Å². The third kappa shape index (κ3) is 3.51. The van der Waals surface area contributed by atoms with E-state index in [9.17, 15) is 9.90 Å². The molecule has 2 aromatic rings. The molecule has 0 atom stereocenters. The summed E-state index contributed by atoms with van der Waals surface area (Å²) in [6.45, 7) is 4.11. The number of hydrogen-bond donors (Lipinski definition) is 3. The van der Waals surface area contributed by atoms with Crippen molar-refractivity contribution in [1.29, 1.82) is 0 Å². The second-order valence-corrected chi connectivity index (χ2v) is 4.75. The topological polar surface area (TPSA) is 61.4 Å². The van der Waals surface area contributed by atoms with Gasteiger partial charge in [0.25, 0.3) is 0 Å². The number of phenolic OH excluding ortho intramolecular Hbond substituents is 1. The summed E-state index contributed by atoms with van der Waals surface area (Å²) < 4.78 is 0. The molecule has 2 rings (SSSR count). The number of carbonyl (C=O) groups is 1. The standard InChI is InChI=1S/C16H18N2O2/c1-11-9-15(19)12(2)8-14(11)18-16(20)17-10-13-6-4-3-5-7-13/h3-9,19H,10H2,1-2H3,(H2,17,18,20). The Labute approximate surface area is 118 Å². The quantitative estimate of drug-likeness (QED) is 0.749. The van der Waals surface area contributed by atoms with Gasteiger partial charge in [0.2, 0.25) is 0 Å². The molecule has 4 heteroatoms. The molecule has 104 valence electrons. The minimum atomic E-state index is -0.262. The van der Waals surface area contributed by atoms with Crippen LogP contribution < -0.4 is 10.6 Å². The Morgan fingerprint density at radius 2 is 1.80 bits per heavy atom. The van der Waals surface area contributed by atoms with E-state index in [1.807, 2.05) is 37.3 Å². The van der Waals surface area contributed by atoms with Crippen LogP contribution in [-0.2, 0) is 6.54 Å². The van der Waals surface area contributed by atoms with E-state index in [0.29, 0.717) is 12.2 Å². The minimum Gasteiger partial charge on any atom is -0.508 e. The van der Waals surface area contributed by atoms with Crippen molar-refractivity contribution >= 4 is 11.7 Å². The summed E-state index contributed by atoms with van der Waals surface area (Å²) in [5.74, 6) is 0.234. The van der Waals surface area contributed by atoms with Gasteiger partial charge in [-0.25, -0.2) is 4.79 Å². The van der Waals surface area contributed by atoms with Gasteiger partial charge in [0.05, 0.1) is 0 Å². The largest absolute Gasteiger partial charge is 0.508 e. The van der Waals surface area contributed by atoms with Gasteiger partial charge in [-0.15, -0.1) is 0 Å². The van der Waals surface area contributed by atoms with Crippen molar-refractivity contribution in [3.63, 3.8) is 0 Å². The molecule has 20 heavy (non-hydrogen) atoms. The molecule has 2 aromatic carbocycles. The molecule has 0 unspecified atom stereocenters. The van der Waals surface area contributed by atoms with Crippen LogP contribution in [0.5, 0.6) is 5.75 Å². The molecular weight excluding hydrogens is 252 g/mol. The molecule has 0 bridgehead atoms. The van der Waals surface area contributed by atoms with E-state index in [1.165, 1.54) is 0 Å². The van der Waals surface area contributed by atoms with Crippen molar-refractivity contribution in [1.82, 2.24) is 5.32 Å². The van der Waals surface area contributed by atoms with Gasteiger partial charge in [0.15, 0.2) is 0 Å². The SMILES string of the molecule is Cc1cc(NC(=O)NCc2ccccc2)c(C)cc1O. The monoisotopic (exact) mass is 270 g/mol. The Bertz CT molecular complexity index is 609. The lowest BCUT2D eigenvalue weighted by molar-refractivity contribution is 0.251. The molecule has 0 aliphatic heterocycles. The second kappa shape index (κ2) is 6.10. The summed E-state index contributed by atoms with van der Waals surface area (Å²) in [7, 11) is 0. The zero-order chi connectivity index (χ0) is 14.5. The number of hydrogen-bond acceptors (Lipinski definition) is 2. The summed E-state index contributed by atoms with van der Waals surface area (Å²) in [6, 6.07) is 12.8. The molecule has 0 aromatic heterocycles. The first-order chi connectivity index (χ1) is 9.56. The number of phenols is 1. The van der Waals surface area contributed by atoms with Crippen molar-refractivity contribution in [2.45, 2.75) is 20.4 Å². The highest BCUT2D eigenvalue weighted by Crippen LogP contribution is 2.24. The zero-order valence-corrected chi connectivity index (χ0v) is 11.6. The third-order valence-corrected chi connectivity index (χ3v) is 3.09. The Kier molecular flexibility index (Phi) is 4.25. The molecular formula is C16H18N2O2. The average Bonchev–Trinajstić information content (AvgIpc) is 2.44. The summed E-state index contributed by atoms with van der Waals surface area (Å²) in [6.07, 6.45) is 0. The van der Waals surface area contributed by atoms with E-state index >= 15 is 0 Å². The van der Waals surface area contributed by atoms with Crippen LogP contribution in [0.4, 0.5) is 10.5 Å². The smallest absolute Gasteiger partial charge is 0.319 e. The van der Waals surface area contributed by atoms with Gasteiger partial charge in [0.1, 0.15) is 5.75 Å². The predicted molar refractivity (Wildman–Crippen MR) is 79.9 cm³/mol. The number of urea groups is 1. The van der Waals surface area contributed by atoms with Crippen molar-refractivity contribution in [2.24, 2.45) is 0 Å². The first-order valence-electron chi connectivity index (χ1n) is 6.45. The van der Waals surface area contributed by atoms with Crippen molar-refractivity contribution in [3.05, 3.63) is 59.2 Å². The van der Waals surface area contributed by atoms with E-state index in [-0.39, 0.29) is 11.8 Å². The van der Waals surface area contributed by atoms with Crippen LogP contribution in [0, 0.1) is 13.8 Å². The van der Waals surface area contributed by atoms with Crippen LogP contribution in [0.1, 0.15) is 16.7 Å². The van der Waals surface area contributed by atoms with Crippen LogP contribution in [0.15, 0.2) is 42.5 Å². The maximum absolute atomic E-state index is 11.8. The fraction of sp³-hybridized carbons (Fsp3) is 0.188. The molecule has 0 heterocycles. The molecule has 4 nitrogen and oxygen atoms in total. The molecule has 0 spiro atoms. The number of nitrogens with one attached hydrogen (secondary N) is 2. The first-order valence-corrected chi connectivity index (χ1v) is 6.45. The Morgan fingerprint density at radius 3 is 2.50 bits per heavy atom. The van der Waals surface area contributed by atoms with Gasteiger partial charge >= 0.3 is 6.03 Å². The van der Waals surface area contributed by atoms with E-state index < -0.39 is 0 Å². The van der Waals surface area contributed by atoms with E-state index in [0.717, 1.165) is 16.7 Å². The predicted octanol–water partition coefficient (Wildman–Crippen LogP) is 3.33. The average molecular weight is 270 g/mol. The molecule has 0 saturated carbocycles. The van der Waals surface area contributed by atoms with Crippen LogP contribution in [-0.4, -0.2) is 11.1 Å². The third-order valence-electron chi connectivity index (χ3n) is 3.09. The first kappa shape index (κ1) is 13.9. The number of anilines is 1. The molecule has 0 saturated heterocycles. The van der Waals surface area contributed by atoms with Crippen LogP contribution in [0.3, 0.4) is 0 Å². The summed E-state index contributed by atoms with van der Waals surface area (Å²) in [4.78, 5) is 11.8. The summed E-state index contributed by atoms with van der Waals surface area (Å²) >= 11 is 0. The number of benzene rings is 2. The highest BCUT2D eigenvalue weighted by atomic mass is 16.3. The molecule has 0 fully saturated rings. The lowest BCUT2D eigenvalue weighted by Gasteiger charge is -2.11. The molecule has 0 aliphatic rings. The fourth-order valence-electron chi connectivity index (χ4n) is 1.88. The highest BCUT2D eigenvalue weighted by Gasteiger charge is 2.07. The van der Waals surface area contributed by atoms with E-state index in [4.69, 9.17) is 0 Å². The molecule has 3 N–H and O–H groups in total. The Hall–Kier alpha value is -2.49. The van der Waals surface area contributed by atoms with Crippen molar-refractivity contribution in [3.8, 4) is 5.75 Å². The summed E-state index contributed by atoms with van der Waals surface area (Å²) in [5.41, 5.74) is 3.30. The Balaban J connectivity index is 1.97. The number of aryl methyl sites for hydroxylation is 2. The summed E-state index contributed by atoms with van der Waals surface area (Å²) in [5, 5.41) is 15.2.